The number of hydrogen-bond donors (Lipinski definition) is 0. The van der Waals surface area contributed by atoms with Crippen molar-refractivity contribution in [2.45, 2.75) is 75.3 Å². The molecule has 3 heterocycles. The maximum Gasteiger partial charge on any atom is 0.433 e. The summed E-state index contributed by atoms with van der Waals surface area (Å²) >= 11 is 0. The van der Waals surface area contributed by atoms with Gasteiger partial charge in [-0.2, -0.15) is 13.2 Å². The van der Waals surface area contributed by atoms with Gasteiger partial charge in [0.15, 0.2) is 0 Å². The van der Waals surface area contributed by atoms with E-state index in [9.17, 15) is 18.0 Å². The van der Waals surface area contributed by atoms with Gasteiger partial charge in [0.25, 0.3) is 0 Å². The molecule has 1 amide bonds. The number of nitrogens with zero attached hydrogens (tertiary/aromatic N) is 5. The van der Waals surface area contributed by atoms with E-state index in [-0.39, 0.29) is 24.0 Å². The molecule has 4 aliphatic rings. The predicted molar refractivity (Wildman–Crippen MR) is 100 cm³/mol. The van der Waals surface area contributed by atoms with Crippen molar-refractivity contribution in [1.82, 2.24) is 19.8 Å². The lowest BCUT2D eigenvalue weighted by Gasteiger charge is -2.41. The maximum atomic E-state index is 13.1. The molecule has 0 bridgehead atoms. The standard InChI is InChI=1S/C20H26F3N5O/c21-20(22,23)17-11-18(25-12-24-17)28(14-3-4-14)15-5-8-26(9-6-15)16-7-10-27(19(16)29)13-1-2-13/h11-16H,1-10H2. The van der Waals surface area contributed by atoms with Crippen molar-refractivity contribution < 1.29 is 18.0 Å². The number of hydrogen-bond acceptors (Lipinski definition) is 5. The van der Waals surface area contributed by atoms with E-state index in [0.717, 1.165) is 77.0 Å². The molecule has 2 aliphatic heterocycles. The molecular formula is C20H26F3N5O. The Bertz CT molecular complexity index is 772. The highest BCUT2D eigenvalue weighted by atomic mass is 19.4. The van der Waals surface area contributed by atoms with Gasteiger partial charge in [-0.15, -0.1) is 0 Å². The zero-order valence-electron chi connectivity index (χ0n) is 16.3. The smallest absolute Gasteiger partial charge is 0.350 e. The molecule has 1 aromatic rings. The van der Waals surface area contributed by atoms with Crippen molar-refractivity contribution in [2.75, 3.05) is 24.5 Å². The lowest BCUT2D eigenvalue weighted by atomic mass is 10.0. The summed E-state index contributed by atoms with van der Waals surface area (Å²) in [4.78, 5) is 26.7. The Morgan fingerprint density at radius 3 is 2.24 bits per heavy atom. The van der Waals surface area contributed by atoms with Crippen LogP contribution in [0.15, 0.2) is 12.4 Å². The van der Waals surface area contributed by atoms with Crippen LogP contribution in [0, 0.1) is 0 Å². The summed E-state index contributed by atoms with van der Waals surface area (Å²) in [7, 11) is 0. The van der Waals surface area contributed by atoms with Crippen LogP contribution in [0.25, 0.3) is 0 Å². The molecule has 1 unspecified atom stereocenters. The Morgan fingerprint density at radius 2 is 1.62 bits per heavy atom. The molecule has 2 saturated carbocycles. The molecule has 9 heteroatoms. The first-order chi connectivity index (χ1) is 13.9. The summed E-state index contributed by atoms with van der Waals surface area (Å²) in [5.74, 6) is 0.653. The van der Waals surface area contributed by atoms with Crippen molar-refractivity contribution in [3.05, 3.63) is 18.1 Å². The maximum absolute atomic E-state index is 13.1. The van der Waals surface area contributed by atoms with Crippen LogP contribution in [-0.4, -0.2) is 69.5 Å². The SMILES string of the molecule is O=C1C(N2CCC(N(c3cc(C(F)(F)F)ncn3)C3CC3)CC2)CCN1C1CC1. The number of rotatable bonds is 5. The number of likely N-dealkylation sites (tertiary alicyclic amines) is 2. The summed E-state index contributed by atoms with van der Waals surface area (Å²) in [6, 6.07) is 1.96. The molecule has 1 aromatic heterocycles. The molecule has 1 atom stereocenters. The van der Waals surface area contributed by atoms with Gasteiger partial charge in [-0.25, -0.2) is 9.97 Å². The van der Waals surface area contributed by atoms with Crippen molar-refractivity contribution in [2.24, 2.45) is 0 Å². The third-order valence-corrected chi connectivity index (χ3v) is 6.68. The molecule has 4 fully saturated rings. The minimum absolute atomic E-state index is 0.0122. The second-order valence-electron chi connectivity index (χ2n) is 8.73. The highest BCUT2D eigenvalue weighted by Gasteiger charge is 2.44. The summed E-state index contributed by atoms with van der Waals surface area (Å²) in [5.41, 5.74) is -0.887. The Labute approximate surface area is 168 Å². The van der Waals surface area contributed by atoms with E-state index in [1.54, 1.807) is 0 Å². The highest BCUT2D eigenvalue weighted by molar-refractivity contribution is 5.84. The zero-order chi connectivity index (χ0) is 20.2. The van der Waals surface area contributed by atoms with E-state index in [1.807, 2.05) is 4.90 Å². The average molecular weight is 409 g/mol. The minimum Gasteiger partial charge on any atom is -0.350 e. The number of piperidine rings is 1. The van der Waals surface area contributed by atoms with Crippen molar-refractivity contribution in [3.8, 4) is 0 Å². The Morgan fingerprint density at radius 1 is 0.931 bits per heavy atom. The van der Waals surface area contributed by atoms with Crippen LogP contribution in [0.2, 0.25) is 0 Å². The van der Waals surface area contributed by atoms with Gasteiger partial charge >= 0.3 is 6.18 Å². The molecule has 2 aliphatic carbocycles. The monoisotopic (exact) mass is 409 g/mol. The molecule has 29 heavy (non-hydrogen) atoms. The molecule has 158 valence electrons. The number of alkyl halides is 3. The van der Waals surface area contributed by atoms with Crippen LogP contribution in [0.1, 0.15) is 50.6 Å². The van der Waals surface area contributed by atoms with Crippen molar-refractivity contribution >= 4 is 11.7 Å². The van der Waals surface area contributed by atoms with Crippen LogP contribution in [-0.2, 0) is 11.0 Å². The minimum atomic E-state index is -4.47. The molecular weight excluding hydrogens is 383 g/mol. The van der Waals surface area contributed by atoms with Crippen LogP contribution in [0.5, 0.6) is 0 Å². The number of aromatic nitrogens is 2. The van der Waals surface area contributed by atoms with E-state index in [4.69, 9.17) is 0 Å². The van der Waals surface area contributed by atoms with Gasteiger partial charge in [0.05, 0.1) is 6.04 Å². The van der Waals surface area contributed by atoms with E-state index < -0.39 is 11.9 Å². The summed E-state index contributed by atoms with van der Waals surface area (Å²) in [6.45, 7) is 2.48. The van der Waals surface area contributed by atoms with Gasteiger partial charge in [0, 0.05) is 43.8 Å². The van der Waals surface area contributed by atoms with Gasteiger partial charge in [0.2, 0.25) is 5.91 Å². The average Bonchev–Trinajstić information content (AvgIpc) is 3.62. The van der Waals surface area contributed by atoms with Gasteiger partial charge in [-0.3, -0.25) is 9.69 Å². The molecule has 0 spiro atoms. The van der Waals surface area contributed by atoms with Crippen LogP contribution in [0.4, 0.5) is 19.0 Å². The van der Waals surface area contributed by atoms with E-state index in [2.05, 4.69) is 19.8 Å². The molecule has 0 radical (unpaired) electrons. The predicted octanol–water partition coefficient (Wildman–Crippen LogP) is 2.69. The van der Waals surface area contributed by atoms with Gasteiger partial charge in [0.1, 0.15) is 17.8 Å². The number of carbonyl (C=O) groups excluding carboxylic acids is 1. The van der Waals surface area contributed by atoms with Gasteiger partial charge in [-0.05, 0) is 44.9 Å². The van der Waals surface area contributed by atoms with E-state index >= 15 is 0 Å². The van der Waals surface area contributed by atoms with Crippen LogP contribution >= 0.6 is 0 Å². The molecule has 5 rings (SSSR count). The number of amides is 1. The number of halogens is 3. The molecule has 2 saturated heterocycles. The first-order valence-electron chi connectivity index (χ1n) is 10.6. The van der Waals surface area contributed by atoms with E-state index in [0.29, 0.717) is 11.9 Å². The topological polar surface area (TPSA) is 52.6 Å². The largest absolute Gasteiger partial charge is 0.433 e. The van der Waals surface area contributed by atoms with E-state index in [1.165, 1.54) is 0 Å². The van der Waals surface area contributed by atoms with Crippen LogP contribution in [0.3, 0.4) is 0 Å². The Hall–Kier alpha value is -1.90. The first kappa shape index (κ1) is 19.1. The fourth-order valence-electron chi connectivity index (χ4n) is 4.92. The normalized spacial score (nSPS) is 26.9. The zero-order valence-corrected chi connectivity index (χ0v) is 16.3. The fraction of sp³-hybridized carbons (Fsp3) is 0.750. The van der Waals surface area contributed by atoms with Gasteiger partial charge in [-0.1, -0.05) is 0 Å². The molecule has 0 N–H and O–H groups in total. The quantitative estimate of drug-likeness (QED) is 0.749. The molecule has 0 aromatic carbocycles. The van der Waals surface area contributed by atoms with Gasteiger partial charge < -0.3 is 9.80 Å². The number of carbonyl (C=O) groups is 1. The third kappa shape index (κ3) is 3.81. The molecule has 6 nitrogen and oxygen atoms in total. The lowest BCUT2D eigenvalue weighted by Crippen LogP contribution is -2.51. The summed E-state index contributed by atoms with van der Waals surface area (Å²) in [5, 5.41) is 0. The van der Waals surface area contributed by atoms with Crippen LogP contribution < -0.4 is 4.90 Å². The highest BCUT2D eigenvalue weighted by Crippen LogP contribution is 2.38. The first-order valence-corrected chi connectivity index (χ1v) is 10.6. The Balaban J connectivity index is 1.26. The number of anilines is 1. The van der Waals surface area contributed by atoms with Crippen molar-refractivity contribution in [1.29, 1.82) is 0 Å². The lowest BCUT2D eigenvalue weighted by molar-refractivity contribution is -0.141. The second-order valence-corrected chi connectivity index (χ2v) is 8.73. The Kier molecular flexibility index (Phi) is 4.68. The van der Waals surface area contributed by atoms with Crippen molar-refractivity contribution in [3.63, 3.8) is 0 Å². The second kappa shape index (κ2) is 7.11. The fourth-order valence-corrected chi connectivity index (χ4v) is 4.92. The summed E-state index contributed by atoms with van der Waals surface area (Å²) < 4.78 is 39.3. The summed E-state index contributed by atoms with van der Waals surface area (Å²) in [6.07, 6.45) is 3.38. The third-order valence-electron chi connectivity index (χ3n) is 6.68.